The zero-order valence-corrected chi connectivity index (χ0v) is 12.4. The molecule has 1 aromatic carbocycles. The molecule has 0 amide bonds. The van der Waals surface area contributed by atoms with E-state index in [0.717, 1.165) is 10.0 Å². The summed E-state index contributed by atoms with van der Waals surface area (Å²) >= 11 is 3.33. The lowest BCUT2D eigenvalue weighted by Gasteiger charge is -2.25. The number of aliphatic hydroxyl groups is 1. The molecule has 6 heteroatoms. The summed E-state index contributed by atoms with van der Waals surface area (Å²) in [5, 5.41) is 10.0. The molecule has 1 aromatic rings. The fraction of sp³-hybridized carbons (Fsp3) is 0.455. The molecule has 0 aliphatic rings. The summed E-state index contributed by atoms with van der Waals surface area (Å²) in [6.07, 6.45) is 0. The molecule has 2 unspecified atom stereocenters. The Bertz CT molecular complexity index is 398. The van der Waals surface area contributed by atoms with Crippen LogP contribution in [0, 0.1) is 0 Å². The van der Waals surface area contributed by atoms with Gasteiger partial charge in [-0.05, 0) is 17.7 Å². The molecule has 0 aliphatic heterocycles. The Morgan fingerprint density at radius 1 is 1.24 bits per heavy atom. The van der Waals surface area contributed by atoms with E-state index in [4.69, 9.17) is 9.05 Å². The molecule has 17 heavy (non-hydrogen) atoms. The van der Waals surface area contributed by atoms with Gasteiger partial charge in [0.25, 0.3) is 0 Å². The van der Waals surface area contributed by atoms with E-state index in [-0.39, 0.29) is 5.92 Å². The molecule has 0 radical (unpaired) electrons. The smallest absolute Gasteiger partial charge is 0.358 e. The van der Waals surface area contributed by atoms with E-state index in [1.165, 1.54) is 14.2 Å². The third-order valence-electron chi connectivity index (χ3n) is 2.68. The summed E-state index contributed by atoms with van der Waals surface area (Å²) in [7, 11) is -0.930. The van der Waals surface area contributed by atoms with Crippen molar-refractivity contribution >= 4 is 23.5 Å². The highest BCUT2D eigenvalue weighted by Crippen LogP contribution is 2.54. The zero-order valence-electron chi connectivity index (χ0n) is 9.96. The molecular formula is C11H16BrO4P. The van der Waals surface area contributed by atoms with Gasteiger partial charge in [0.15, 0.2) is 5.85 Å². The molecule has 2 atom stereocenters. The van der Waals surface area contributed by atoms with Crippen LogP contribution in [-0.2, 0) is 13.6 Å². The van der Waals surface area contributed by atoms with E-state index in [2.05, 4.69) is 15.9 Å². The Hall–Kier alpha value is -0.190. The van der Waals surface area contributed by atoms with Crippen LogP contribution >= 0.6 is 23.5 Å². The van der Waals surface area contributed by atoms with Crippen LogP contribution in [0.1, 0.15) is 18.4 Å². The van der Waals surface area contributed by atoms with Crippen molar-refractivity contribution in [1.82, 2.24) is 0 Å². The fourth-order valence-corrected chi connectivity index (χ4v) is 3.07. The van der Waals surface area contributed by atoms with Crippen LogP contribution in [0.15, 0.2) is 28.7 Å². The second kappa shape index (κ2) is 6.12. The zero-order chi connectivity index (χ0) is 13.1. The van der Waals surface area contributed by atoms with Crippen LogP contribution in [0.2, 0.25) is 0 Å². The summed E-state index contributed by atoms with van der Waals surface area (Å²) in [5.74, 6) is -1.52. The Kier molecular flexibility index (Phi) is 5.35. The molecule has 0 saturated carbocycles. The van der Waals surface area contributed by atoms with Crippen LogP contribution in [-0.4, -0.2) is 25.2 Å². The van der Waals surface area contributed by atoms with Crippen LogP contribution in [0.3, 0.4) is 0 Å². The predicted molar refractivity (Wildman–Crippen MR) is 70.2 cm³/mol. The number of hydrogen-bond donors (Lipinski definition) is 1. The second-order valence-corrected chi connectivity index (χ2v) is 6.91. The first kappa shape index (κ1) is 14.9. The van der Waals surface area contributed by atoms with Crippen LogP contribution in [0.25, 0.3) is 0 Å². The normalized spacial score (nSPS) is 15.6. The Morgan fingerprint density at radius 2 is 1.71 bits per heavy atom. The molecule has 0 fully saturated rings. The molecule has 0 aromatic heterocycles. The number of hydrogen-bond acceptors (Lipinski definition) is 4. The molecule has 0 bridgehead atoms. The highest BCUT2D eigenvalue weighted by atomic mass is 79.9. The minimum atomic E-state index is -3.46. The van der Waals surface area contributed by atoms with E-state index in [9.17, 15) is 9.67 Å². The number of benzene rings is 1. The quantitative estimate of drug-likeness (QED) is 0.844. The Morgan fingerprint density at radius 3 is 2.12 bits per heavy atom. The molecule has 0 heterocycles. The Labute approximate surface area is 110 Å². The molecule has 0 spiro atoms. The lowest BCUT2D eigenvalue weighted by molar-refractivity contribution is 0.158. The SMILES string of the molecule is COP(=O)(OC)C(O)C(C)c1ccc(Br)cc1. The van der Waals surface area contributed by atoms with Gasteiger partial charge in [-0.25, -0.2) is 0 Å². The van der Waals surface area contributed by atoms with Gasteiger partial charge in [-0.15, -0.1) is 0 Å². The first-order chi connectivity index (χ1) is 7.94. The van der Waals surface area contributed by atoms with Crippen molar-refractivity contribution in [2.24, 2.45) is 0 Å². The second-order valence-electron chi connectivity index (χ2n) is 3.66. The van der Waals surface area contributed by atoms with E-state index in [1.807, 2.05) is 24.3 Å². The molecule has 1 rings (SSSR count). The van der Waals surface area contributed by atoms with E-state index < -0.39 is 13.4 Å². The third kappa shape index (κ3) is 3.39. The van der Waals surface area contributed by atoms with Gasteiger partial charge in [-0.3, -0.25) is 4.57 Å². The summed E-state index contributed by atoms with van der Waals surface area (Å²) in [5.41, 5.74) is 0.870. The van der Waals surface area contributed by atoms with Crippen molar-refractivity contribution in [3.8, 4) is 0 Å². The van der Waals surface area contributed by atoms with Crippen molar-refractivity contribution in [3.05, 3.63) is 34.3 Å². The average molecular weight is 323 g/mol. The summed E-state index contributed by atoms with van der Waals surface area (Å²) in [4.78, 5) is 0. The minimum absolute atomic E-state index is 0.339. The van der Waals surface area contributed by atoms with Crippen molar-refractivity contribution < 1.29 is 18.7 Å². The van der Waals surface area contributed by atoms with Gasteiger partial charge in [0.1, 0.15) is 0 Å². The molecule has 1 N–H and O–H groups in total. The van der Waals surface area contributed by atoms with Crippen molar-refractivity contribution in [2.45, 2.75) is 18.7 Å². The maximum atomic E-state index is 12.0. The van der Waals surface area contributed by atoms with Crippen LogP contribution in [0.4, 0.5) is 0 Å². The predicted octanol–water partition coefficient (Wildman–Crippen LogP) is 3.36. The van der Waals surface area contributed by atoms with Crippen molar-refractivity contribution in [1.29, 1.82) is 0 Å². The number of rotatable bonds is 5. The van der Waals surface area contributed by atoms with E-state index in [0.29, 0.717) is 0 Å². The van der Waals surface area contributed by atoms with Gasteiger partial charge in [0, 0.05) is 24.6 Å². The third-order valence-corrected chi connectivity index (χ3v) is 5.32. The van der Waals surface area contributed by atoms with Gasteiger partial charge in [0.2, 0.25) is 0 Å². The van der Waals surface area contributed by atoms with E-state index >= 15 is 0 Å². The number of aliphatic hydroxyl groups excluding tert-OH is 1. The highest BCUT2D eigenvalue weighted by Gasteiger charge is 2.37. The molecule has 0 aliphatic carbocycles. The largest absolute Gasteiger partial charge is 0.380 e. The molecule has 96 valence electrons. The molecule has 4 nitrogen and oxygen atoms in total. The molecule has 0 saturated heterocycles. The van der Waals surface area contributed by atoms with Gasteiger partial charge < -0.3 is 14.2 Å². The first-order valence-corrected chi connectivity index (χ1v) is 7.50. The first-order valence-electron chi connectivity index (χ1n) is 5.09. The highest BCUT2D eigenvalue weighted by molar-refractivity contribution is 9.10. The van der Waals surface area contributed by atoms with Gasteiger partial charge >= 0.3 is 7.60 Å². The van der Waals surface area contributed by atoms with Crippen molar-refractivity contribution in [3.63, 3.8) is 0 Å². The fourth-order valence-electron chi connectivity index (χ4n) is 1.50. The van der Waals surface area contributed by atoms with Gasteiger partial charge in [-0.1, -0.05) is 35.0 Å². The average Bonchev–Trinajstić information content (AvgIpc) is 2.37. The van der Waals surface area contributed by atoms with Gasteiger partial charge in [0.05, 0.1) is 0 Å². The van der Waals surface area contributed by atoms with Crippen LogP contribution in [0.5, 0.6) is 0 Å². The minimum Gasteiger partial charge on any atom is -0.380 e. The van der Waals surface area contributed by atoms with Gasteiger partial charge in [-0.2, -0.15) is 0 Å². The standard InChI is InChI=1S/C11H16BrO4P/c1-8(9-4-6-10(12)7-5-9)11(13)17(14,15-2)16-3/h4-8,11,13H,1-3H3. The van der Waals surface area contributed by atoms with E-state index in [1.54, 1.807) is 6.92 Å². The summed E-state index contributed by atoms with van der Waals surface area (Å²) in [6.45, 7) is 1.78. The number of halogens is 1. The lowest BCUT2D eigenvalue weighted by Crippen LogP contribution is -2.18. The monoisotopic (exact) mass is 322 g/mol. The Balaban J connectivity index is 2.93. The summed E-state index contributed by atoms with van der Waals surface area (Å²) in [6, 6.07) is 7.44. The maximum Gasteiger partial charge on any atom is 0.358 e. The maximum absolute atomic E-state index is 12.0. The lowest BCUT2D eigenvalue weighted by atomic mass is 10.0. The van der Waals surface area contributed by atoms with Crippen molar-refractivity contribution in [2.75, 3.05) is 14.2 Å². The van der Waals surface area contributed by atoms with Crippen LogP contribution < -0.4 is 0 Å². The topological polar surface area (TPSA) is 55.8 Å². The summed E-state index contributed by atoms with van der Waals surface area (Å²) < 4.78 is 22.6. The molecular weight excluding hydrogens is 307 g/mol.